The van der Waals surface area contributed by atoms with Crippen LogP contribution in [0.2, 0.25) is 0 Å². The highest BCUT2D eigenvalue weighted by Crippen LogP contribution is 2.11. The van der Waals surface area contributed by atoms with Crippen molar-refractivity contribution in [3.8, 4) is 11.8 Å². The number of nitrogens with one attached hydrogen (secondary N) is 1. The maximum absolute atomic E-state index is 12.4. The Balaban J connectivity index is 1.85. The highest BCUT2D eigenvalue weighted by molar-refractivity contribution is 5.54. The summed E-state index contributed by atoms with van der Waals surface area (Å²) in [5.74, 6) is 0.765. The fourth-order valence-electron chi connectivity index (χ4n) is 2.31. The molecule has 0 fully saturated rings. The smallest absolute Gasteiger partial charge is 0.276 e. The average molecular weight is 294 g/mol. The summed E-state index contributed by atoms with van der Waals surface area (Å²) in [5, 5.41) is 11.8. The van der Waals surface area contributed by atoms with Crippen molar-refractivity contribution in [2.45, 2.75) is 13.3 Å². The largest absolute Gasteiger partial charge is 0.493 e. The van der Waals surface area contributed by atoms with Gasteiger partial charge in [-0.1, -0.05) is 18.2 Å². The Morgan fingerprint density at radius 1 is 1.36 bits per heavy atom. The highest BCUT2D eigenvalue weighted by atomic mass is 16.5. The molecule has 6 heteroatoms. The van der Waals surface area contributed by atoms with Crippen LogP contribution in [-0.4, -0.2) is 21.2 Å². The fraction of sp³-hybridized carbons (Fsp3) is 0.188. The number of nitriles is 1. The molecule has 0 amide bonds. The van der Waals surface area contributed by atoms with E-state index in [-0.39, 0.29) is 5.56 Å². The van der Waals surface area contributed by atoms with Crippen LogP contribution in [0.5, 0.6) is 5.75 Å². The number of para-hydroxylation sites is 1. The molecule has 110 valence electrons. The van der Waals surface area contributed by atoms with Gasteiger partial charge in [-0.05, 0) is 19.1 Å². The van der Waals surface area contributed by atoms with E-state index in [1.165, 1.54) is 10.7 Å². The number of aryl methyl sites for hydroxylation is 1. The number of aromatic amines is 1. The molecule has 0 saturated heterocycles. The van der Waals surface area contributed by atoms with Crippen molar-refractivity contribution < 1.29 is 4.74 Å². The Bertz CT molecular complexity index is 904. The molecule has 6 nitrogen and oxygen atoms in total. The SMILES string of the molecule is Cc1nc2c(C#N)c[nH]n2c(=O)c1CCOc1ccccc1. The number of rotatable bonds is 4. The molecule has 0 atom stereocenters. The van der Waals surface area contributed by atoms with E-state index in [1.54, 1.807) is 6.92 Å². The second-order valence-electron chi connectivity index (χ2n) is 4.85. The second-order valence-corrected chi connectivity index (χ2v) is 4.85. The molecule has 2 heterocycles. The summed E-state index contributed by atoms with van der Waals surface area (Å²) in [5.41, 5.74) is 1.73. The summed E-state index contributed by atoms with van der Waals surface area (Å²) in [7, 11) is 0. The molecule has 0 radical (unpaired) electrons. The fourth-order valence-corrected chi connectivity index (χ4v) is 2.31. The predicted molar refractivity (Wildman–Crippen MR) is 80.9 cm³/mol. The summed E-state index contributed by atoms with van der Waals surface area (Å²) in [6.07, 6.45) is 1.93. The van der Waals surface area contributed by atoms with Gasteiger partial charge in [0.25, 0.3) is 5.56 Å². The number of hydrogen-bond acceptors (Lipinski definition) is 4. The van der Waals surface area contributed by atoms with Crippen LogP contribution >= 0.6 is 0 Å². The predicted octanol–water partition coefficient (Wildman–Crippen LogP) is 1.82. The Morgan fingerprint density at radius 2 is 2.14 bits per heavy atom. The Labute approximate surface area is 126 Å². The van der Waals surface area contributed by atoms with Gasteiger partial charge in [0.2, 0.25) is 0 Å². The first-order valence-electron chi connectivity index (χ1n) is 6.88. The van der Waals surface area contributed by atoms with E-state index in [0.29, 0.717) is 35.5 Å². The molecule has 0 spiro atoms. The first-order chi connectivity index (χ1) is 10.7. The lowest BCUT2D eigenvalue weighted by atomic mass is 10.2. The molecule has 2 aromatic heterocycles. The number of benzene rings is 1. The van der Waals surface area contributed by atoms with Gasteiger partial charge in [-0.25, -0.2) is 9.50 Å². The van der Waals surface area contributed by atoms with Gasteiger partial charge in [-0.2, -0.15) is 5.26 Å². The Morgan fingerprint density at radius 3 is 2.86 bits per heavy atom. The van der Waals surface area contributed by atoms with Crippen LogP contribution in [-0.2, 0) is 6.42 Å². The van der Waals surface area contributed by atoms with E-state index in [2.05, 4.69) is 10.1 Å². The highest BCUT2D eigenvalue weighted by Gasteiger charge is 2.13. The number of ether oxygens (including phenoxy) is 1. The molecule has 0 saturated carbocycles. The van der Waals surface area contributed by atoms with E-state index in [4.69, 9.17) is 10.00 Å². The van der Waals surface area contributed by atoms with Gasteiger partial charge < -0.3 is 4.74 Å². The molecule has 0 bridgehead atoms. The summed E-state index contributed by atoms with van der Waals surface area (Å²) in [6.45, 7) is 2.16. The molecular formula is C16H14N4O2. The number of hydrogen-bond donors (Lipinski definition) is 1. The van der Waals surface area contributed by atoms with Crippen LogP contribution in [0.15, 0.2) is 41.3 Å². The van der Waals surface area contributed by atoms with Crippen molar-refractivity contribution in [2.24, 2.45) is 0 Å². The van der Waals surface area contributed by atoms with Crippen molar-refractivity contribution in [1.29, 1.82) is 5.26 Å². The maximum atomic E-state index is 12.4. The molecular weight excluding hydrogens is 280 g/mol. The van der Waals surface area contributed by atoms with Crippen LogP contribution < -0.4 is 10.3 Å². The number of fused-ring (bicyclic) bond motifs is 1. The van der Waals surface area contributed by atoms with E-state index in [9.17, 15) is 4.79 Å². The Hall–Kier alpha value is -3.07. The van der Waals surface area contributed by atoms with Crippen LogP contribution in [0, 0.1) is 18.3 Å². The van der Waals surface area contributed by atoms with Gasteiger partial charge in [0.05, 0.1) is 6.61 Å². The van der Waals surface area contributed by atoms with E-state index < -0.39 is 0 Å². The van der Waals surface area contributed by atoms with Crippen LogP contribution in [0.4, 0.5) is 0 Å². The Kier molecular flexibility index (Phi) is 3.62. The molecule has 1 N–H and O–H groups in total. The monoisotopic (exact) mass is 294 g/mol. The third-order valence-electron chi connectivity index (χ3n) is 3.45. The minimum atomic E-state index is -0.194. The van der Waals surface area contributed by atoms with Crippen LogP contribution in [0.1, 0.15) is 16.8 Å². The summed E-state index contributed by atoms with van der Waals surface area (Å²) in [4.78, 5) is 16.8. The molecule has 0 aliphatic carbocycles. The van der Waals surface area contributed by atoms with Gasteiger partial charge in [0.15, 0.2) is 5.65 Å². The third-order valence-corrected chi connectivity index (χ3v) is 3.45. The van der Waals surface area contributed by atoms with E-state index in [0.717, 1.165) is 5.75 Å². The molecule has 0 unspecified atom stereocenters. The molecule has 0 aliphatic heterocycles. The van der Waals surface area contributed by atoms with Gasteiger partial charge in [-0.3, -0.25) is 9.89 Å². The number of nitrogens with zero attached hydrogens (tertiary/aromatic N) is 3. The average Bonchev–Trinajstić information content (AvgIpc) is 2.94. The molecule has 3 aromatic rings. The summed E-state index contributed by atoms with van der Waals surface area (Å²) >= 11 is 0. The standard InChI is InChI=1S/C16H14N4O2/c1-11-14(7-8-22-13-5-3-2-4-6-13)16(21)20-15(19-11)12(9-17)10-18-20/h2-6,10,18H,7-8H2,1H3. The van der Waals surface area contributed by atoms with Gasteiger partial charge in [0.1, 0.15) is 17.4 Å². The molecule has 1 aromatic carbocycles. The van der Waals surface area contributed by atoms with Crippen LogP contribution in [0.25, 0.3) is 5.65 Å². The van der Waals surface area contributed by atoms with E-state index in [1.807, 2.05) is 36.4 Å². The molecule has 22 heavy (non-hydrogen) atoms. The summed E-state index contributed by atoms with van der Waals surface area (Å²) in [6, 6.07) is 11.4. The molecule has 3 rings (SSSR count). The number of aromatic nitrogens is 3. The second kappa shape index (κ2) is 5.74. The first kappa shape index (κ1) is 13.9. The summed E-state index contributed by atoms with van der Waals surface area (Å²) < 4.78 is 6.91. The van der Waals surface area contributed by atoms with Crippen molar-refractivity contribution in [3.05, 3.63) is 63.7 Å². The van der Waals surface area contributed by atoms with Crippen molar-refractivity contribution in [3.63, 3.8) is 0 Å². The van der Waals surface area contributed by atoms with Gasteiger partial charge in [-0.15, -0.1) is 0 Å². The lowest BCUT2D eigenvalue weighted by Gasteiger charge is -2.07. The zero-order valence-electron chi connectivity index (χ0n) is 12.0. The van der Waals surface area contributed by atoms with Crippen molar-refractivity contribution >= 4 is 5.65 Å². The minimum Gasteiger partial charge on any atom is -0.493 e. The maximum Gasteiger partial charge on any atom is 0.276 e. The third kappa shape index (κ3) is 2.44. The first-order valence-corrected chi connectivity index (χ1v) is 6.88. The lowest BCUT2D eigenvalue weighted by molar-refractivity contribution is 0.321. The normalized spacial score (nSPS) is 10.5. The topological polar surface area (TPSA) is 83.2 Å². The number of H-pyrrole nitrogens is 1. The van der Waals surface area contributed by atoms with E-state index >= 15 is 0 Å². The minimum absolute atomic E-state index is 0.194. The van der Waals surface area contributed by atoms with Crippen LogP contribution in [0.3, 0.4) is 0 Å². The lowest BCUT2D eigenvalue weighted by Crippen LogP contribution is -2.23. The zero-order valence-corrected chi connectivity index (χ0v) is 12.0. The van der Waals surface area contributed by atoms with Gasteiger partial charge in [0, 0.05) is 23.9 Å². The molecule has 0 aliphatic rings. The quantitative estimate of drug-likeness (QED) is 0.795. The van der Waals surface area contributed by atoms with Crippen molar-refractivity contribution in [2.75, 3.05) is 6.61 Å². The van der Waals surface area contributed by atoms with Gasteiger partial charge >= 0.3 is 0 Å². The zero-order chi connectivity index (χ0) is 15.5. The van der Waals surface area contributed by atoms with Crippen molar-refractivity contribution in [1.82, 2.24) is 14.6 Å².